The normalized spacial score (nSPS) is 11.2. The maximum atomic E-state index is 12.8. The van der Waals surface area contributed by atoms with Gasteiger partial charge in [0, 0.05) is 24.5 Å². The van der Waals surface area contributed by atoms with Gasteiger partial charge in [0.25, 0.3) is 5.91 Å². The van der Waals surface area contributed by atoms with Gasteiger partial charge in [0.1, 0.15) is 11.4 Å². The number of hydrogen-bond acceptors (Lipinski definition) is 3. The number of carbonyl (C=O) groups is 1. The minimum Gasteiger partial charge on any atom is -0.359 e. The van der Waals surface area contributed by atoms with Gasteiger partial charge in [-0.1, -0.05) is 5.16 Å². The molecule has 5 nitrogen and oxygen atoms in total. The van der Waals surface area contributed by atoms with Gasteiger partial charge in [-0.3, -0.25) is 4.79 Å². The van der Waals surface area contributed by atoms with E-state index in [4.69, 9.17) is 4.52 Å². The molecule has 1 amide bonds. The molecule has 2 rings (SSSR count). The predicted octanol–water partition coefficient (Wildman–Crippen LogP) is 3.57. The number of hydrogen-bond donors (Lipinski definition) is 0. The van der Waals surface area contributed by atoms with E-state index in [-0.39, 0.29) is 5.91 Å². The van der Waals surface area contributed by atoms with Crippen LogP contribution in [0.15, 0.2) is 10.6 Å². The Kier molecular flexibility index (Phi) is 3.94. The molecule has 2 aromatic rings. The molecular formula is C16H23N3O2. The highest BCUT2D eigenvalue weighted by atomic mass is 16.5. The Balaban J connectivity index is 2.44. The molecule has 2 aromatic heterocycles. The van der Waals surface area contributed by atoms with Crippen LogP contribution in [-0.4, -0.2) is 22.7 Å². The molecule has 0 saturated heterocycles. The topological polar surface area (TPSA) is 51.3 Å². The minimum atomic E-state index is -0.0376. The first kappa shape index (κ1) is 15.4. The summed E-state index contributed by atoms with van der Waals surface area (Å²) >= 11 is 0. The Hall–Kier alpha value is -2.04. The number of aryl methyl sites for hydroxylation is 3. The lowest BCUT2D eigenvalue weighted by Crippen LogP contribution is -2.27. The van der Waals surface area contributed by atoms with Gasteiger partial charge in [-0.2, -0.15) is 0 Å². The van der Waals surface area contributed by atoms with Crippen molar-refractivity contribution in [3.63, 3.8) is 0 Å². The molecule has 21 heavy (non-hydrogen) atoms. The largest absolute Gasteiger partial charge is 0.359 e. The molecule has 5 heteroatoms. The highest BCUT2D eigenvalue weighted by Gasteiger charge is 2.24. The van der Waals surface area contributed by atoms with E-state index in [1.165, 1.54) is 0 Å². The molecule has 0 fully saturated rings. The van der Waals surface area contributed by atoms with Crippen molar-refractivity contribution in [1.82, 2.24) is 9.72 Å². The number of nitrogens with zero attached hydrogens (tertiary/aromatic N) is 3. The van der Waals surface area contributed by atoms with Crippen molar-refractivity contribution in [2.45, 2.75) is 47.6 Å². The summed E-state index contributed by atoms with van der Waals surface area (Å²) in [6, 6.07) is 2.28. The van der Waals surface area contributed by atoms with Gasteiger partial charge in [0.15, 0.2) is 5.76 Å². The van der Waals surface area contributed by atoms with Gasteiger partial charge < -0.3 is 14.0 Å². The summed E-state index contributed by atoms with van der Waals surface area (Å²) in [5.74, 6) is 0.616. The van der Waals surface area contributed by atoms with Crippen LogP contribution in [-0.2, 0) is 0 Å². The molecule has 0 spiro atoms. The monoisotopic (exact) mass is 289 g/mol. The van der Waals surface area contributed by atoms with Gasteiger partial charge in [-0.15, -0.1) is 0 Å². The fourth-order valence-electron chi connectivity index (χ4n) is 3.03. The van der Waals surface area contributed by atoms with E-state index in [2.05, 4.69) is 23.6 Å². The minimum absolute atomic E-state index is 0.0376. The van der Waals surface area contributed by atoms with Crippen molar-refractivity contribution < 1.29 is 9.32 Å². The summed E-state index contributed by atoms with van der Waals surface area (Å²) in [7, 11) is 1.76. The van der Waals surface area contributed by atoms with E-state index in [1.807, 2.05) is 33.8 Å². The van der Waals surface area contributed by atoms with E-state index in [0.717, 1.165) is 28.3 Å². The number of amides is 1. The van der Waals surface area contributed by atoms with Crippen molar-refractivity contribution in [3.05, 3.63) is 34.5 Å². The fraction of sp³-hybridized carbons (Fsp3) is 0.500. The van der Waals surface area contributed by atoms with Crippen molar-refractivity contribution >= 4 is 11.6 Å². The lowest BCUT2D eigenvalue weighted by Gasteiger charge is -2.18. The molecule has 0 aliphatic carbocycles. The summed E-state index contributed by atoms with van der Waals surface area (Å²) in [4.78, 5) is 14.4. The van der Waals surface area contributed by atoms with Crippen molar-refractivity contribution in [2.75, 3.05) is 11.9 Å². The highest BCUT2D eigenvalue weighted by molar-refractivity contribution is 6.07. The summed E-state index contributed by atoms with van der Waals surface area (Å²) in [6.07, 6.45) is 0. The number of carbonyl (C=O) groups excluding carboxylic acids is 1. The van der Waals surface area contributed by atoms with E-state index < -0.39 is 0 Å². The lowest BCUT2D eigenvalue weighted by atomic mass is 10.2. The van der Waals surface area contributed by atoms with Gasteiger partial charge >= 0.3 is 0 Å². The van der Waals surface area contributed by atoms with E-state index in [1.54, 1.807) is 11.9 Å². The first-order chi connectivity index (χ1) is 9.75. The molecule has 0 radical (unpaired) electrons. The number of aromatic nitrogens is 2. The maximum Gasteiger partial charge on any atom is 0.259 e. The van der Waals surface area contributed by atoms with Crippen LogP contribution in [0.4, 0.5) is 5.69 Å². The molecule has 0 aliphatic rings. The first-order valence-electron chi connectivity index (χ1n) is 7.15. The van der Waals surface area contributed by atoms with Gasteiger partial charge in [0.05, 0.1) is 5.56 Å². The van der Waals surface area contributed by atoms with Crippen LogP contribution in [0, 0.1) is 27.7 Å². The average molecular weight is 289 g/mol. The summed E-state index contributed by atoms with van der Waals surface area (Å²) in [5, 5.41) is 3.91. The molecule has 0 saturated carbocycles. The summed E-state index contributed by atoms with van der Waals surface area (Å²) < 4.78 is 7.33. The standard InChI is InChI=1S/C16H23N3O2/c1-9(2)19-10(3)8-14(12(19)5)16(20)18(7)15-11(4)17-21-13(15)6/h8-9H,1-7H3. The molecule has 0 N–H and O–H groups in total. The zero-order valence-corrected chi connectivity index (χ0v) is 13.8. The second-order valence-corrected chi connectivity index (χ2v) is 5.79. The average Bonchev–Trinajstić information content (AvgIpc) is 2.88. The molecule has 114 valence electrons. The van der Waals surface area contributed by atoms with Crippen molar-refractivity contribution in [1.29, 1.82) is 0 Å². The van der Waals surface area contributed by atoms with Crippen molar-refractivity contribution in [2.24, 2.45) is 0 Å². The summed E-state index contributed by atoms with van der Waals surface area (Å²) in [5.41, 5.74) is 4.28. The van der Waals surface area contributed by atoms with Gasteiger partial charge in [-0.05, 0) is 47.6 Å². The Labute approximate surface area is 125 Å². The Morgan fingerprint density at radius 1 is 1.29 bits per heavy atom. The zero-order valence-electron chi connectivity index (χ0n) is 13.8. The molecular weight excluding hydrogens is 266 g/mol. The molecule has 0 aliphatic heterocycles. The Bertz CT molecular complexity index is 660. The summed E-state index contributed by atoms with van der Waals surface area (Å²) in [6.45, 7) is 11.9. The van der Waals surface area contributed by atoms with Crippen LogP contribution in [0.2, 0.25) is 0 Å². The van der Waals surface area contributed by atoms with Crippen LogP contribution in [0.25, 0.3) is 0 Å². The zero-order chi connectivity index (χ0) is 15.9. The lowest BCUT2D eigenvalue weighted by molar-refractivity contribution is 0.0991. The van der Waals surface area contributed by atoms with Crippen LogP contribution in [0.3, 0.4) is 0 Å². The molecule has 0 unspecified atom stereocenters. The quantitative estimate of drug-likeness (QED) is 0.868. The first-order valence-corrected chi connectivity index (χ1v) is 7.15. The maximum absolute atomic E-state index is 12.8. The fourth-order valence-corrected chi connectivity index (χ4v) is 3.03. The highest BCUT2D eigenvalue weighted by Crippen LogP contribution is 2.27. The predicted molar refractivity (Wildman–Crippen MR) is 83.0 cm³/mol. The number of rotatable bonds is 3. The second-order valence-electron chi connectivity index (χ2n) is 5.79. The van der Waals surface area contributed by atoms with Crippen LogP contribution < -0.4 is 4.90 Å². The SMILES string of the molecule is Cc1noc(C)c1N(C)C(=O)c1cc(C)n(C(C)C)c1C. The van der Waals surface area contributed by atoms with E-state index in [9.17, 15) is 4.79 Å². The Morgan fingerprint density at radius 2 is 1.90 bits per heavy atom. The smallest absolute Gasteiger partial charge is 0.259 e. The molecule has 0 atom stereocenters. The molecule has 0 aromatic carbocycles. The third kappa shape index (κ3) is 2.48. The van der Waals surface area contributed by atoms with E-state index >= 15 is 0 Å². The third-order valence-corrected chi connectivity index (χ3v) is 3.87. The van der Waals surface area contributed by atoms with Crippen LogP contribution >= 0.6 is 0 Å². The molecule has 2 heterocycles. The second kappa shape index (κ2) is 5.39. The van der Waals surface area contributed by atoms with Crippen LogP contribution in [0.5, 0.6) is 0 Å². The van der Waals surface area contributed by atoms with Gasteiger partial charge in [-0.25, -0.2) is 0 Å². The van der Waals surface area contributed by atoms with E-state index in [0.29, 0.717) is 11.8 Å². The van der Waals surface area contributed by atoms with Crippen molar-refractivity contribution in [3.8, 4) is 0 Å². The van der Waals surface area contributed by atoms with Crippen LogP contribution in [0.1, 0.15) is 53.1 Å². The third-order valence-electron chi connectivity index (χ3n) is 3.87. The molecule has 0 bridgehead atoms. The van der Waals surface area contributed by atoms with Gasteiger partial charge in [0.2, 0.25) is 0 Å². The number of anilines is 1. The Morgan fingerprint density at radius 3 is 2.33 bits per heavy atom.